The van der Waals surface area contributed by atoms with E-state index in [0.717, 1.165) is 0 Å². The van der Waals surface area contributed by atoms with Crippen LogP contribution in [0.1, 0.15) is 20.3 Å². The van der Waals surface area contributed by atoms with Crippen LogP contribution >= 0.6 is 0 Å². The molecule has 1 aromatic rings. The molecule has 0 bridgehead atoms. The number of carbonyl (C=O) groups excluding carboxylic acids is 3. The van der Waals surface area contributed by atoms with Crippen molar-refractivity contribution in [2.24, 2.45) is 5.92 Å². The van der Waals surface area contributed by atoms with Crippen molar-refractivity contribution in [1.82, 2.24) is 4.90 Å². The van der Waals surface area contributed by atoms with Crippen molar-refractivity contribution in [3.8, 4) is 5.75 Å². The molecule has 28 heavy (non-hydrogen) atoms. The molecule has 3 rings (SSSR count). The third-order valence-electron chi connectivity index (χ3n) is 4.88. The zero-order chi connectivity index (χ0) is 20.1. The van der Waals surface area contributed by atoms with E-state index in [9.17, 15) is 14.4 Å². The van der Waals surface area contributed by atoms with Crippen LogP contribution in [-0.2, 0) is 23.9 Å². The molecular weight excluding hydrogens is 364 g/mol. The summed E-state index contributed by atoms with van der Waals surface area (Å²) in [6, 6.07) is 7.24. The minimum absolute atomic E-state index is 0.0533. The summed E-state index contributed by atoms with van der Waals surface area (Å²) in [4.78, 5) is 40.6. The van der Waals surface area contributed by atoms with Gasteiger partial charge in [0, 0.05) is 26.1 Å². The van der Waals surface area contributed by atoms with Gasteiger partial charge in [0.2, 0.25) is 5.91 Å². The first-order chi connectivity index (χ1) is 13.5. The summed E-state index contributed by atoms with van der Waals surface area (Å²) in [5, 5.41) is 0. The lowest BCUT2D eigenvalue weighted by Gasteiger charge is -2.29. The SMILES string of the molecule is CCOc1ccccc1N1C[C@H](C(=O)O[C@H](C)C(=O)N2CCOCC2)CC1=O. The minimum atomic E-state index is -0.884. The molecule has 1 aromatic carbocycles. The fourth-order valence-electron chi connectivity index (χ4n) is 3.42. The molecule has 8 nitrogen and oxygen atoms in total. The number of benzene rings is 1. The number of hydrogen-bond donors (Lipinski definition) is 0. The highest BCUT2D eigenvalue weighted by Gasteiger charge is 2.38. The number of nitrogens with zero attached hydrogens (tertiary/aromatic N) is 2. The largest absolute Gasteiger partial charge is 0.492 e. The number of carbonyl (C=O) groups is 3. The zero-order valence-electron chi connectivity index (χ0n) is 16.3. The Morgan fingerprint density at radius 3 is 2.68 bits per heavy atom. The Bertz CT molecular complexity index is 731. The van der Waals surface area contributed by atoms with E-state index in [2.05, 4.69) is 0 Å². The first-order valence-electron chi connectivity index (χ1n) is 9.60. The van der Waals surface area contributed by atoms with Gasteiger partial charge in [-0.05, 0) is 26.0 Å². The highest BCUT2D eigenvalue weighted by Crippen LogP contribution is 2.33. The van der Waals surface area contributed by atoms with Crippen LogP contribution in [0.3, 0.4) is 0 Å². The van der Waals surface area contributed by atoms with E-state index in [1.54, 1.807) is 28.9 Å². The van der Waals surface area contributed by atoms with Crippen molar-refractivity contribution in [3.63, 3.8) is 0 Å². The van der Waals surface area contributed by atoms with Gasteiger partial charge in [-0.15, -0.1) is 0 Å². The molecule has 0 aliphatic carbocycles. The van der Waals surface area contributed by atoms with E-state index in [1.165, 1.54) is 0 Å². The topological polar surface area (TPSA) is 85.4 Å². The van der Waals surface area contributed by atoms with E-state index in [4.69, 9.17) is 14.2 Å². The number of hydrogen-bond acceptors (Lipinski definition) is 6. The molecule has 2 saturated heterocycles. The van der Waals surface area contributed by atoms with Gasteiger partial charge in [0.15, 0.2) is 6.10 Å². The van der Waals surface area contributed by atoms with E-state index in [-0.39, 0.29) is 24.8 Å². The van der Waals surface area contributed by atoms with Crippen molar-refractivity contribution in [2.75, 3.05) is 44.4 Å². The van der Waals surface area contributed by atoms with Crippen LogP contribution in [0.25, 0.3) is 0 Å². The van der Waals surface area contributed by atoms with Crippen LogP contribution in [0.15, 0.2) is 24.3 Å². The van der Waals surface area contributed by atoms with Gasteiger partial charge in [0.05, 0.1) is 31.4 Å². The lowest BCUT2D eigenvalue weighted by Crippen LogP contribution is -2.46. The van der Waals surface area contributed by atoms with Crippen LogP contribution in [0.5, 0.6) is 5.75 Å². The van der Waals surface area contributed by atoms with E-state index in [0.29, 0.717) is 44.3 Å². The third kappa shape index (κ3) is 4.44. The van der Waals surface area contributed by atoms with Gasteiger partial charge in [0.25, 0.3) is 5.91 Å². The summed E-state index contributed by atoms with van der Waals surface area (Å²) in [7, 11) is 0. The van der Waals surface area contributed by atoms with Crippen molar-refractivity contribution < 1.29 is 28.6 Å². The van der Waals surface area contributed by atoms with Gasteiger partial charge < -0.3 is 24.0 Å². The minimum Gasteiger partial charge on any atom is -0.492 e. The second-order valence-corrected chi connectivity index (χ2v) is 6.82. The van der Waals surface area contributed by atoms with Gasteiger partial charge in [0.1, 0.15) is 5.75 Å². The van der Waals surface area contributed by atoms with Gasteiger partial charge >= 0.3 is 5.97 Å². The summed E-state index contributed by atoms with van der Waals surface area (Å²) < 4.78 is 16.2. The monoisotopic (exact) mass is 390 g/mol. The Hall–Kier alpha value is -2.61. The number of esters is 1. The maximum absolute atomic E-state index is 12.5. The predicted molar refractivity (Wildman–Crippen MR) is 101 cm³/mol. The number of morpholine rings is 1. The normalized spacial score (nSPS) is 20.8. The molecule has 2 amide bonds. The Labute approximate surface area is 164 Å². The summed E-state index contributed by atoms with van der Waals surface area (Å²) in [6.45, 7) is 6.07. The smallest absolute Gasteiger partial charge is 0.312 e. The van der Waals surface area contributed by atoms with Crippen molar-refractivity contribution >= 4 is 23.5 Å². The molecule has 0 spiro atoms. The summed E-state index contributed by atoms with van der Waals surface area (Å²) >= 11 is 0. The molecule has 0 radical (unpaired) electrons. The second kappa shape index (κ2) is 9.05. The summed E-state index contributed by atoms with van der Waals surface area (Å²) in [6.07, 6.45) is -0.830. The molecule has 2 fully saturated rings. The average molecular weight is 390 g/mol. The zero-order valence-corrected chi connectivity index (χ0v) is 16.3. The quantitative estimate of drug-likeness (QED) is 0.679. The maximum atomic E-state index is 12.5. The Morgan fingerprint density at radius 1 is 1.25 bits per heavy atom. The molecule has 0 aromatic heterocycles. The van der Waals surface area contributed by atoms with Crippen LogP contribution in [0.2, 0.25) is 0 Å². The lowest BCUT2D eigenvalue weighted by atomic mass is 10.1. The number of anilines is 1. The number of para-hydroxylation sites is 2. The van der Waals surface area contributed by atoms with Crippen molar-refractivity contribution in [2.45, 2.75) is 26.4 Å². The molecular formula is C20H26N2O6. The summed E-state index contributed by atoms with van der Waals surface area (Å²) in [5.41, 5.74) is 0.641. The highest BCUT2D eigenvalue weighted by atomic mass is 16.5. The first-order valence-corrected chi connectivity index (χ1v) is 9.60. The molecule has 2 aliphatic heterocycles. The second-order valence-electron chi connectivity index (χ2n) is 6.82. The lowest BCUT2D eigenvalue weighted by molar-refractivity contribution is -0.163. The number of amides is 2. The fraction of sp³-hybridized carbons (Fsp3) is 0.550. The van der Waals surface area contributed by atoms with E-state index < -0.39 is 18.0 Å². The first kappa shape index (κ1) is 20.1. The molecule has 152 valence electrons. The van der Waals surface area contributed by atoms with Crippen molar-refractivity contribution in [3.05, 3.63) is 24.3 Å². The van der Waals surface area contributed by atoms with E-state index >= 15 is 0 Å². The number of ether oxygens (including phenoxy) is 3. The van der Waals surface area contributed by atoms with Crippen LogP contribution in [0.4, 0.5) is 5.69 Å². The average Bonchev–Trinajstić information content (AvgIpc) is 3.10. The Kier molecular flexibility index (Phi) is 6.51. The van der Waals surface area contributed by atoms with Crippen LogP contribution in [0, 0.1) is 5.92 Å². The highest BCUT2D eigenvalue weighted by molar-refractivity contribution is 6.00. The molecule has 2 aliphatic rings. The standard InChI is InChI=1S/C20H26N2O6/c1-3-27-17-7-5-4-6-16(17)22-13-15(12-18(22)23)20(25)28-14(2)19(24)21-8-10-26-11-9-21/h4-7,14-15H,3,8-13H2,1-2H3/t14-,15-/m1/s1. The molecule has 2 atom stereocenters. The number of rotatable bonds is 6. The molecule has 0 N–H and O–H groups in total. The van der Waals surface area contributed by atoms with Crippen molar-refractivity contribution in [1.29, 1.82) is 0 Å². The predicted octanol–water partition coefficient (Wildman–Crippen LogP) is 1.23. The van der Waals surface area contributed by atoms with Gasteiger partial charge in [-0.2, -0.15) is 0 Å². The summed E-state index contributed by atoms with van der Waals surface area (Å²) in [5.74, 6) is -0.940. The van der Waals surface area contributed by atoms with Gasteiger partial charge in [-0.25, -0.2) is 0 Å². The molecule has 0 saturated carbocycles. The van der Waals surface area contributed by atoms with Crippen LogP contribution in [-0.4, -0.2) is 68.2 Å². The van der Waals surface area contributed by atoms with Crippen LogP contribution < -0.4 is 9.64 Å². The van der Waals surface area contributed by atoms with Gasteiger partial charge in [-0.3, -0.25) is 14.4 Å². The maximum Gasteiger partial charge on any atom is 0.312 e. The third-order valence-corrected chi connectivity index (χ3v) is 4.88. The molecule has 0 unspecified atom stereocenters. The fourth-order valence-corrected chi connectivity index (χ4v) is 3.42. The van der Waals surface area contributed by atoms with E-state index in [1.807, 2.05) is 19.1 Å². The molecule has 8 heteroatoms. The Morgan fingerprint density at radius 2 is 1.96 bits per heavy atom. The van der Waals surface area contributed by atoms with Gasteiger partial charge in [-0.1, -0.05) is 12.1 Å². The Balaban J connectivity index is 1.61. The molecule has 2 heterocycles.